The van der Waals surface area contributed by atoms with E-state index in [0.29, 0.717) is 11.8 Å². The number of nitrogens with two attached hydrogens (primary N) is 3. The molecule has 0 bridgehead atoms. The van der Waals surface area contributed by atoms with E-state index < -0.39 is 22.8 Å². The Labute approximate surface area is 156 Å². The molecule has 0 spiro atoms. The van der Waals surface area contributed by atoms with Gasteiger partial charge in [0.1, 0.15) is 18.4 Å². The van der Waals surface area contributed by atoms with Crippen LogP contribution in [0.3, 0.4) is 0 Å². The Kier molecular flexibility index (Phi) is 7.80. The summed E-state index contributed by atoms with van der Waals surface area (Å²) in [5, 5.41) is 13.1. The molecule has 0 amide bonds. The predicted octanol–water partition coefficient (Wildman–Crippen LogP) is -0.887. The molecule has 0 aliphatic heterocycles. The first kappa shape index (κ1) is 22.0. The van der Waals surface area contributed by atoms with Crippen molar-refractivity contribution in [3.63, 3.8) is 0 Å². The normalized spacial score (nSPS) is 15.2. The Morgan fingerprint density at radius 2 is 1.93 bits per heavy atom. The molecule has 144 valence electrons. The number of carboxylic acid groups (broad SMARTS) is 1. The van der Waals surface area contributed by atoms with Crippen LogP contribution in [-0.4, -0.2) is 48.6 Å². The molecule has 27 heavy (non-hydrogen) atoms. The number of carboxylic acids is 1. The maximum Gasteiger partial charge on any atom is 0.334 e. The Morgan fingerprint density at radius 1 is 1.30 bits per heavy atom. The number of ether oxygens (including phenoxy) is 1. The van der Waals surface area contributed by atoms with Crippen LogP contribution in [0, 0.1) is 11.8 Å². The van der Waals surface area contributed by atoms with E-state index in [2.05, 4.69) is 16.9 Å². The lowest BCUT2D eigenvalue weighted by Crippen LogP contribution is -2.71. The number of benzene rings is 1. The number of methoxy groups -OCH3 is 1. The van der Waals surface area contributed by atoms with Crippen LogP contribution in [0.5, 0.6) is 0 Å². The first-order chi connectivity index (χ1) is 12.8. The highest BCUT2D eigenvalue weighted by Gasteiger charge is 2.57. The Balaban J connectivity index is 3.59. The number of rotatable bonds is 9. The average molecular weight is 374 g/mol. The molecule has 2 unspecified atom stereocenters. The number of carbonyl (C=O) groups excluding carboxylic acids is 2. The van der Waals surface area contributed by atoms with Gasteiger partial charge in [0.05, 0.1) is 6.21 Å². The number of carbonyl (C=O) groups is 3. The van der Waals surface area contributed by atoms with E-state index in [0.717, 1.165) is 0 Å². The lowest BCUT2D eigenvalue weighted by molar-refractivity contribution is -0.151. The summed E-state index contributed by atoms with van der Waals surface area (Å²) in [6.45, 7) is -0.0465. The highest BCUT2D eigenvalue weighted by Crippen LogP contribution is 2.31. The third kappa shape index (κ3) is 4.57. The van der Waals surface area contributed by atoms with Gasteiger partial charge in [0.25, 0.3) is 0 Å². The van der Waals surface area contributed by atoms with Crippen molar-refractivity contribution in [1.29, 1.82) is 0 Å². The van der Waals surface area contributed by atoms with Crippen molar-refractivity contribution in [2.24, 2.45) is 22.4 Å². The molecule has 0 saturated heterocycles. The third-order valence-electron chi connectivity index (χ3n) is 3.98. The molecular formula is C18H22N4O5. The molecule has 0 aliphatic carbocycles. The van der Waals surface area contributed by atoms with Crippen LogP contribution in [0.25, 0.3) is 0 Å². The van der Waals surface area contributed by atoms with Crippen LogP contribution in [0.4, 0.5) is 0 Å². The first-order valence-electron chi connectivity index (χ1n) is 7.88. The maximum atomic E-state index is 12.6. The zero-order valence-electron chi connectivity index (χ0n) is 14.8. The summed E-state index contributed by atoms with van der Waals surface area (Å²) in [4.78, 5) is 35.2. The lowest BCUT2D eigenvalue weighted by atomic mass is 9.70. The summed E-state index contributed by atoms with van der Waals surface area (Å²) in [5.41, 5.74) is 8.53. The number of aldehydes is 1. The largest absolute Gasteiger partial charge is 0.479 e. The fraction of sp³-hybridized carbons (Fsp3) is 0.333. The molecule has 1 rings (SSSR count). The summed E-state index contributed by atoms with van der Waals surface area (Å²) in [7, 11) is 1.40. The first-order valence-corrected chi connectivity index (χ1v) is 7.88. The number of aliphatic carboxylic acids is 1. The summed E-state index contributed by atoms with van der Waals surface area (Å²) < 4.78 is 4.84. The van der Waals surface area contributed by atoms with Gasteiger partial charge in [-0.3, -0.25) is 4.79 Å². The summed E-state index contributed by atoms with van der Waals surface area (Å²) >= 11 is 0. The second-order valence-corrected chi connectivity index (χ2v) is 5.68. The van der Waals surface area contributed by atoms with Gasteiger partial charge >= 0.3 is 5.97 Å². The van der Waals surface area contributed by atoms with Gasteiger partial charge in [0.2, 0.25) is 5.54 Å². The van der Waals surface area contributed by atoms with Crippen molar-refractivity contribution in [2.75, 3.05) is 13.7 Å². The fourth-order valence-electron chi connectivity index (χ4n) is 2.46. The molecule has 0 saturated carbocycles. The van der Waals surface area contributed by atoms with E-state index in [1.165, 1.54) is 25.5 Å². The number of ketones is 1. The van der Waals surface area contributed by atoms with Crippen molar-refractivity contribution >= 4 is 24.3 Å². The molecular weight excluding hydrogens is 352 g/mol. The van der Waals surface area contributed by atoms with Crippen molar-refractivity contribution in [3.8, 4) is 11.8 Å². The van der Waals surface area contributed by atoms with Crippen molar-refractivity contribution in [3.05, 3.63) is 35.4 Å². The summed E-state index contributed by atoms with van der Waals surface area (Å²) in [6.07, 6.45) is 1.31. The number of hydrazone groups is 1. The minimum absolute atomic E-state index is 0.0465. The zero-order valence-corrected chi connectivity index (χ0v) is 14.8. The second-order valence-electron chi connectivity index (χ2n) is 5.68. The van der Waals surface area contributed by atoms with Crippen LogP contribution in [0.2, 0.25) is 0 Å². The Morgan fingerprint density at radius 3 is 2.41 bits per heavy atom. The Bertz CT molecular complexity index is 781. The quantitative estimate of drug-likeness (QED) is 0.108. The molecule has 9 nitrogen and oxygen atoms in total. The van der Waals surface area contributed by atoms with E-state index in [4.69, 9.17) is 22.0 Å². The second kappa shape index (κ2) is 9.59. The summed E-state index contributed by atoms with van der Waals surface area (Å²) in [5.74, 6) is 7.68. The molecule has 7 N–H and O–H groups in total. The predicted molar refractivity (Wildman–Crippen MR) is 98.6 cm³/mol. The van der Waals surface area contributed by atoms with E-state index in [1.807, 2.05) is 0 Å². The van der Waals surface area contributed by atoms with E-state index in [1.54, 1.807) is 12.1 Å². The Hall–Kier alpha value is -3.06. The van der Waals surface area contributed by atoms with Gasteiger partial charge in [-0.05, 0) is 11.1 Å². The lowest BCUT2D eigenvalue weighted by Gasteiger charge is -2.38. The van der Waals surface area contributed by atoms with E-state index in [9.17, 15) is 19.5 Å². The number of hydrogen-bond acceptors (Lipinski definition) is 8. The van der Waals surface area contributed by atoms with Gasteiger partial charge < -0.3 is 31.9 Å². The van der Waals surface area contributed by atoms with Gasteiger partial charge in [-0.15, -0.1) is 0 Å². The molecule has 0 radical (unpaired) electrons. The van der Waals surface area contributed by atoms with Crippen LogP contribution in [-0.2, 0) is 24.7 Å². The summed E-state index contributed by atoms with van der Waals surface area (Å²) in [6, 6.07) is 6.11. The monoisotopic (exact) mass is 374 g/mol. The highest BCUT2D eigenvalue weighted by atomic mass is 16.5. The van der Waals surface area contributed by atoms with E-state index >= 15 is 0 Å². The third-order valence-corrected chi connectivity index (χ3v) is 3.98. The number of hydrogen-bond donors (Lipinski definition) is 4. The highest BCUT2D eigenvalue weighted by molar-refractivity contribution is 6.10. The van der Waals surface area contributed by atoms with Gasteiger partial charge in [0, 0.05) is 20.0 Å². The minimum atomic E-state index is -2.58. The van der Waals surface area contributed by atoms with Crippen LogP contribution in [0.1, 0.15) is 24.0 Å². The van der Waals surface area contributed by atoms with Crippen molar-refractivity contribution in [2.45, 2.75) is 23.9 Å². The molecule has 1 aromatic rings. The van der Waals surface area contributed by atoms with Crippen LogP contribution >= 0.6 is 0 Å². The molecule has 0 fully saturated rings. The zero-order chi connectivity index (χ0) is 20.5. The molecule has 0 heterocycles. The molecule has 1 aromatic carbocycles. The van der Waals surface area contributed by atoms with Gasteiger partial charge in [-0.2, -0.15) is 5.10 Å². The fourth-order valence-corrected chi connectivity index (χ4v) is 2.46. The van der Waals surface area contributed by atoms with Gasteiger partial charge in [-0.1, -0.05) is 36.1 Å². The smallest absolute Gasteiger partial charge is 0.334 e. The molecule has 2 atom stereocenters. The SMILES string of the molecule is COCC#CC(N)(c1ccc(C=NN)cc1)C(N)(C(=O)O)C(=O)CCC=O. The van der Waals surface area contributed by atoms with Crippen molar-refractivity contribution < 1.29 is 24.2 Å². The maximum absolute atomic E-state index is 12.6. The van der Waals surface area contributed by atoms with Crippen LogP contribution in [0.15, 0.2) is 29.4 Å². The molecule has 9 heteroatoms. The molecule has 0 aromatic heterocycles. The van der Waals surface area contributed by atoms with E-state index in [-0.39, 0.29) is 25.0 Å². The number of nitrogens with zero attached hydrogens (tertiary/aromatic N) is 1. The minimum Gasteiger partial charge on any atom is -0.479 e. The number of Topliss-reactive ketones (excluding diaryl/α,β-unsaturated/α-hetero) is 1. The standard InChI is InChI=1S/C18H22N4O5/c1-27-11-3-9-17(19,14-7-5-13(6-8-14)12-22-21)18(20,16(25)26)15(24)4-2-10-23/h5-8,10,12H,2,4,11,19-21H2,1H3,(H,25,26). The van der Waals surface area contributed by atoms with Crippen LogP contribution < -0.4 is 17.3 Å². The van der Waals surface area contributed by atoms with Crippen molar-refractivity contribution in [1.82, 2.24) is 0 Å². The van der Waals surface area contributed by atoms with Gasteiger partial charge in [0.15, 0.2) is 5.78 Å². The van der Waals surface area contributed by atoms with Gasteiger partial charge in [-0.25, -0.2) is 4.79 Å². The average Bonchev–Trinajstić information content (AvgIpc) is 2.65. The topological polar surface area (TPSA) is 171 Å². The molecule has 0 aliphatic rings.